The van der Waals surface area contributed by atoms with Gasteiger partial charge in [-0.1, -0.05) is 37.5 Å². The predicted octanol–water partition coefficient (Wildman–Crippen LogP) is 2.16. The van der Waals surface area contributed by atoms with E-state index < -0.39 is 6.10 Å². The average Bonchev–Trinajstić information content (AvgIpc) is 2.65. The standard InChI is InChI=1S/C20H34N2O3/c1-22(18-9-3-2-4-10-18)15-19(24)16-25-20-11-6-5-8-17(20)14-21-12-7-13-23/h5-6,8,11,18-19,21,23-24H,2-4,7,9-10,12-16H2,1H3/t19-/m0/s1. The third-order valence-corrected chi connectivity index (χ3v) is 4.93. The fourth-order valence-electron chi connectivity index (χ4n) is 3.46. The zero-order valence-electron chi connectivity index (χ0n) is 15.5. The minimum Gasteiger partial charge on any atom is -0.491 e. The molecule has 3 N–H and O–H groups in total. The van der Waals surface area contributed by atoms with E-state index in [0.29, 0.717) is 25.7 Å². The number of hydrogen-bond donors (Lipinski definition) is 3. The number of para-hydroxylation sites is 1. The molecule has 1 aliphatic rings. The molecule has 0 amide bonds. The molecule has 142 valence electrons. The summed E-state index contributed by atoms with van der Waals surface area (Å²) in [5, 5.41) is 22.5. The molecule has 5 nitrogen and oxygen atoms in total. The van der Waals surface area contributed by atoms with Gasteiger partial charge in [-0.2, -0.15) is 0 Å². The SMILES string of the molecule is CN(C[C@H](O)COc1ccccc1CNCCCO)C1CCCCC1. The van der Waals surface area contributed by atoms with E-state index in [1.165, 1.54) is 32.1 Å². The number of aliphatic hydroxyl groups is 2. The maximum Gasteiger partial charge on any atom is 0.123 e. The highest BCUT2D eigenvalue weighted by Crippen LogP contribution is 2.22. The normalized spacial score (nSPS) is 17.0. The molecule has 1 fully saturated rings. The van der Waals surface area contributed by atoms with Crippen molar-refractivity contribution in [3.05, 3.63) is 29.8 Å². The van der Waals surface area contributed by atoms with Gasteiger partial charge in [-0.05, 0) is 38.9 Å². The van der Waals surface area contributed by atoms with Gasteiger partial charge in [0.05, 0.1) is 0 Å². The first-order valence-corrected chi connectivity index (χ1v) is 9.61. The summed E-state index contributed by atoms with van der Waals surface area (Å²) in [6.07, 6.45) is 6.70. The highest BCUT2D eigenvalue weighted by atomic mass is 16.5. The number of benzene rings is 1. The number of hydrogen-bond acceptors (Lipinski definition) is 5. The van der Waals surface area contributed by atoms with Crippen LogP contribution in [0.15, 0.2) is 24.3 Å². The number of aliphatic hydroxyl groups excluding tert-OH is 2. The molecule has 1 aromatic rings. The van der Waals surface area contributed by atoms with Gasteiger partial charge in [0.2, 0.25) is 0 Å². The van der Waals surface area contributed by atoms with E-state index in [0.717, 1.165) is 24.3 Å². The largest absolute Gasteiger partial charge is 0.491 e. The van der Waals surface area contributed by atoms with Crippen molar-refractivity contribution in [2.75, 3.05) is 33.4 Å². The lowest BCUT2D eigenvalue weighted by molar-refractivity contribution is 0.0558. The maximum atomic E-state index is 10.3. The van der Waals surface area contributed by atoms with Crippen LogP contribution in [0.25, 0.3) is 0 Å². The summed E-state index contributed by atoms with van der Waals surface area (Å²) in [7, 11) is 2.11. The van der Waals surface area contributed by atoms with Crippen molar-refractivity contribution in [2.24, 2.45) is 0 Å². The van der Waals surface area contributed by atoms with Crippen LogP contribution in [0.4, 0.5) is 0 Å². The second-order valence-electron chi connectivity index (χ2n) is 7.06. The topological polar surface area (TPSA) is 65.0 Å². The first kappa shape index (κ1) is 20.2. The summed E-state index contributed by atoms with van der Waals surface area (Å²) in [6.45, 7) is 2.64. The molecule has 25 heavy (non-hydrogen) atoms. The van der Waals surface area contributed by atoms with E-state index >= 15 is 0 Å². The predicted molar refractivity (Wildman–Crippen MR) is 101 cm³/mol. The fourth-order valence-corrected chi connectivity index (χ4v) is 3.46. The first-order valence-electron chi connectivity index (χ1n) is 9.61. The van der Waals surface area contributed by atoms with Crippen LogP contribution in [0.5, 0.6) is 5.75 Å². The van der Waals surface area contributed by atoms with Gasteiger partial charge in [0, 0.05) is 31.3 Å². The Morgan fingerprint density at radius 1 is 1.24 bits per heavy atom. The zero-order chi connectivity index (χ0) is 17.9. The van der Waals surface area contributed by atoms with E-state index in [1.54, 1.807) is 0 Å². The van der Waals surface area contributed by atoms with Gasteiger partial charge < -0.3 is 25.2 Å². The highest BCUT2D eigenvalue weighted by Gasteiger charge is 2.20. The molecular weight excluding hydrogens is 316 g/mol. The Morgan fingerprint density at radius 2 is 2.00 bits per heavy atom. The van der Waals surface area contributed by atoms with Gasteiger partial charge in [-0.3, -0.25) is 0 Å². The summed E-state index contributed by atoms with van der Waals surface area (Å²) < 4.78 is 5.88. The Labute approximate surface area is 152 Å². The lowest BCUT2D eigenvalue weighted by Gasteiger charge is -2.32. The van der Waals surface area contributed by atoms with Gasteiger partial charge >= 0.3 is 0 Å². The summed E-state index contributed by atoms with van der Waals surface area (Å²) in [4.78, 5) is 2.29. The Kier molecular flexibility index (Phi) is 9.26. The highest BCUT2D eigenvalue weighted by molar-refractivity contribution is 5.33. The molecule has 0 heterocycles. The van der Waals surface area contributed by atoms with Crippen molar-refractivity contribution in [3.8, 4) is 5.75 Å². The van der Waals surface area contributed by atoms with E-state index in [-0.39, 0.29) is 6.61 Å². The molecule has 2 rings (SSSR count). The van der Waals surface area contributed by atoms with Crippen molar-refractivity contribution < 1.29 is 14.9 Å². The molecule has 1 aliphatic carbocycles. The van der Waals surface area contributed by atoms with Crippen LogP contribution in [0.2, 0.25) is 0 Å². The fraction of sp³-hybridized carbons (Fsp3) is 0.700. The molecule has 0 aliphatic heterocycles. The lowest BCUT2D eigenvalue weighted by atomic mass is 9.94. The molecule has 0 bridgehead atoms. The van der Waals surface area contributed by atoms with Gasteiger partial charge in [-0.15, -0.1) is 0 Å². The van der Waals surface area contributed by atoms with E-state index in [1.807, 2.05) is 24.3 Å². The Hall–Kier alpha value is -1.14. The third kappa shape index (κ3) is 7.32. The molecule has 1 saturated carbocycles. The Balaban J connectivity index is 1.75. The molecule has 5 heteroatoms. The van der Waals surface area contributed by atoms with Crippen LogP contribution in [0, 0.1) is 0 Å². The maximum absolute atomic E-state index is 10.3. The molecule has 0 aromatic heterocycles. The monoisotopic (exact) mass is 350 g/mol. The quantitative estimate of drug-likeness (QED) is 0.534. The molecule has 1 atom stereocenters. The third-order valence-electron chi connectivity index (χ3n) is 4.93. The average molecular weight is 351 g/mol. The number of nitrogens with zero attached hydrogens (tertiary/aromatic N) is 1. The van der Waals surface area contributed by atoms with Gasteiger partial charge in [-0.25, -0.2) is 0 Å². The van der Waals surface area contributed by atoms with Crippen molar-refractivity contribution in [1.82, 2.24) is 10.2 Å². The second kappa shape index (κ2) is 11.5. The molecule has 0 saturated heterocycles. The van der Waals surface area contributed by atoms with Crippen LogP contribution >= 0.6 is 0 Å². The number of nitrogens with one attached hydrogen (secondary N) is 1. The van der Waals surface area contributed by atoms with Crippen LogP contribution in [0.1, 0.15) is 44.1 Å². The van der Waals surface area contributed by atoms with E-state index in [2.05, 4.69) is 17.3 Å². The number of ether oxygens (including phenoxy) is 1. The van der Waals surface area contributed by atoms with E-state index in [4.69, 9.17) is 9.84 Å². The smallest absolute Gasteiger partial charge is 0.123 e. The minimum absolute atomic E-state index is 0.200. The number of likely N-dealkylation sites (N-methyl/N-ethyl adjacent to an activating group) is 1. The van der Waals surface area contributed by atoms with Gasteiger partial charge in [0.15, 0.2) is 0 Å². The van der Waals surface area contributed by atoms with Crippen molar-refractivity contribution in [1.29, 1.82) is 0 Å². The van der Waals surface area contributed by atoms with Crippen molar-refractivity contribution in [2.45, 2.75) is 57.2 Å². The Morgan fingerprint density at radius 3 is 2.76 bits per heavy atom. The van der Waals surface area contributed by atoms with Crippen LogP contribution < -0.4 is 10.1 Å². The molecule has 0 spiro atoms. The van der Waals surface area contributed by atoms with Crippen LogP contribution in [0.3, 0.4) is 0 Å². The minimum atomic E-state index is -0.484. The first-order chi connectivity index (χ1) is 12.2. The molecule has 0 unspecified atom stereocenters. The van der Waals surface area contributed by atoms with Gasteiger partial charge in [0.1, 0.15) is 18.5 Å². The summed E-state index contributed by atoms with van der Waals surface area (Å²) >= 11 is 0. The summed E-state index contributed by atoms with van der Waals surface area (Å²) in [6, 6.07) is 8.52. The van der Waals surface area contributed by atoms with Crippen molar-refractivity contribution in [3.63, 3.8) is 0 Å². The Bertz CT molecular complexity index is 478. The molecular formula is C20H34N2O3. The zero-order valence-corrected chi connectivity index (χ0v) is 15.5. The number of rotatable bonds is 11. The lowest BCUT2D eigenvalue weighted by Crippen LogP contribution is -2.40. The van der Waals surface area contributed by atoms with Crippen LogP contribution in [-0.4, -0.2) is 60.6 Å². The molecule has 0 radical (unpaired) electrons. The second-order valence-corrected chi connectivity index (χ2v) is 7.06. The summed E-state index contributed by atoms with van der Waals surface area (Å²) in [5.41, 5.74) is 1.08. The van der Waals surface area contributed by atoms with Gasteiger partial charge in [0.25, 0.3) is 0 Å². The summed E-state index contributed by atoms with van der Waals surface area (Å²) in [5.74, 6) is 0.818. The molecule has 1 aromatic carbocycles. The van der Waals surface area contributed by atoms with Crippen molar-refractivity contribution >= 4 is 0 Å². The van der Waals surface area contributed by atoms with Crippen LogP contribution in [-0.2, 0) is 6.54 Å². The van der Waals surface area contributed by atoms with E-state index in [9.17, 15) is 5.11 Å².